The maximum atomic E-state index is 12.0. The quantitative estimate of drug-likeness (QED) is 0.780. The van der Waals surface area contributed by atoms with Crippen LogP contribution in [0.1, 0.15) is 5.56 Å². The molecule has 1 aromatic rings. The minimum Gasteiger partial charge on any atom is -0.493 e. The number of hydrogen-bond donors (Lipinski definition) is 2. The number of rotatable bonds is 1. The van der Waals surface area contributed by atoms with Gasteiger partial charge in [0.15, 0.2) is 0 Å². The molecule has 0 atom stereocenters. The van der Waals surface area contributed by atoms with Gasteiger partial charge in [-0.15, -0.1) is 0 Å². The molecule has 2 aliphatic heterocycles. The predicted octanol–water partition coefficient (Wildman–Crippen LogP) is 1.06. The van der Waals surface area contributed by atoms with Crippen molar-refractivity contribution in [1.82, 2.24) is 10.2 Å². The Hall–Kier alpha value is -1.75. The Bertz CT molecular complexity index is 456. The molecule has 3 rings (SSSR count). The number of nitrogens with one attached hydrogen (secondary N) is 2. The third-order valence-electron chi connectivity index (χ3n) is 3.34. The molecule has 0 spiro atoms. The number of nitrogens with zero attached hydrogens (tertiary/aromatic N) is 1. The van der Waals surface area contributed by atoms with E-state index in [1.165, 1.54) is 5.56 Å². The molecule has 0 aromatic heterocycles. The van der Waals surface area contributed by atoms with E-state index in [0.29, 0.717) is 0 Å². The van der Waals surface area contributed by atoms with E-state index >= 15 is 0 Å². The molecule has 0 saturated carbocycles. The summed E-state index contributed by atoms with van der Waals surface area (Å²) >= 11 is 0. The standard InChI is InChI=1S/C13H17N3O2/c17-13(16-6-4-14-5-7-16)15-11-1-2-12-10(9-11)3-8-18-12/h1-2,9,14H,3-8H2,(H,15,17). The monoisotopic (exact) mass is 247 g/mol. The third-order valence-corrected chi connectivity index (χ3v) is 3.34. The van der Waals surface area contributed by atoms with Crippen molar-refractivity contribution < 1.29 is 9.53 Å². The molecule has 0 unspecified atom stereocenters. The molecule has 96 valence electrons. The molecule has 2 N–H and O–H groups in total. The first-order valence-electron chi connectivity index (χ1n) is 6.35. The van der Waals surface area contributed by atoms with E-state index in [4.69, 9.17) is 4.74 Å². The normalized spacial score (nSPS) is 18.1. The van der Waals surface area contributed by atoms with Crippen LogP contribution in [0.5, 0.6) is 5.75 Å². The number of piperazine rings is 1. The fourth-order valence-electron chi connectivity index (χ4n) is 2.33. The van der Waals surface area contributed by atoms with Crippen LogP contribution in [0.4, 0.5) is 10.5 Å². The highest BCUT2D eigenvalue weighted by molar-refractivity contribution is 5.89. The van der Waals surface area contributed by atoms with Gasteiger partial charge in [-0.2, -0.15) is 0 Å². The molecular weight excluding hydrogens is 230 g/mol. The summed E-state index contributed by atoms with van der Waals surface area (Å²) in [5.74, 6) is 0.940. The number of urea groups is 1. The smallest absolute Gasteiger partial charge is 0.321 e. The van der Waals surface area contributed by atoms with Gasteiger partial charge in [0.2, 0.25) is 0 Å². The molecule has 5 nitrogen and oxygen atoms in total. The van der Waals surface area contributed by atoms with Gasteiger partial charge >= 0.3 is 6.03 Å². The van der Waals surface area contributed by atoms with Gasteiger partial charge in [-0.1, -0.05) is 0 Å². The molecule has 2 aliphatic rings. The van der Waals surface area contributed by atoms with Gasteiger partial charge in [-0.3, -0.25) is 0 Å². The summed E-state index contributed by atoms with van der Waals surface area (Å²) in [4.78, 5) is 13.9. The molecule has 2 amide bonds. The van der Waals surface area contributed by atoms with Gasteiger partial charge in [0.1, 0.15) is 5.75 Å². The van der Waals surface area contributed by atoms with Gasteiger partial charge < -0.3 is 20.3 Å². The highest BCUT2D eigenvalue weighted by Gasteiger charge is 2.17. The lowest BCUT2D eigenvalue weighted by molar-refractivity contribution is 0.204. The second-order valence-corrected chi connectivity index (χ2v) is 4.59. The number of amides is 2. The first kappa shape index (κ1) is 11.3. The molecule has 1 fully saturated rings. The van der Waals surface area contributed by atoms with Crippen LogP contribution in [0.2, 0.25) is 0 Å². The number of hydrogen-bond acceptors (Lipinski definition) is 3. The lowest BCUT2D eigenvalue weighted by atomic mass is 10.1. The Morgan fingerprint density at radius 3 is 3.00 bits per heavy atom. The summed E-state index contributed by atoms with van der Waals surface area (Å²) < 4.78 is 5.44. The molecular formula is C13H17N3O2. The second kappa shape index (κ2) is 4.86. The third kappa shape index (κ3) is 2.26. The van der Waals surface area contributed by atoms with E-state index in [9.17, 15) is 4.79 Å². The predicted molar refractivity (Wildman–Crippen MR) is 69.1 cm³/mol. The molecule has 0 bridgehead atoms. The van der Waals surface area contributed by atoms with Crippen molar-refractivity contribution in [3.05, 3.63) is 23.8 Å². The van der Waals surface area contributed by atoms with Crippen LogP contribution >= 0.6 is 0 Å². The van der Waals surface area contributed by atoms with Crippen LogP contribution in [0.25, 0.3) is 0 Å². The minimum absolute atomic E-state index is 0.0182. The number of benzene rings is 1. The average Bonchev–Trinajstić information content (AvgIpc) is 2.87. The maximum Gasteiger partial charge on any atom is 0.321 e. The zero-order valence-electron chi connectivity index (χ0n) is 10.2. The van der Waals surface area contributed by atoms with E-state index in [2.05, 4.69) is 10.6 Å². The fourth-order valence-corrected chi connectivity index (χ4v) is 2.33. The van der Waals surface area contributed by atoms with Crippen LogP contribution in [-0.2, 0) is 6.42 Å². The summed E-state index contributed by atoms with van der Waals surface area (Å²) in [5, 5.41) is 6.17. The highest BCUT2D eigenvalue weighted by atomic mass is 16.5. The van der Waals surface area contributed by atoms with Crippen LogP contribution in [-0.4, -0.2) is 43.7 Å². The lowest BCUT2D eigenvalue weighted by Gasteiger charge is -2.27. The second-order valence-electron chi connectivity index (χ2n) is 4.59. The van der Waals surface area contributed by atoms with Crippen molar-refractivity contribution in [1.29, 1.82) is 0 Å². The lowest BCUT2D eigenvalue weighted by Crippen LogP contribution is -2.48. The highest BCUT2D eigenvalue weighted by Crippen LogP contribution is 2.27. The van der Waals surface area contributed by atoms with Gasteiger partial charge in [0.05, 0.1) is 6.61 Å². The van der Waals surface area contributed by atoms with Crippen molar-refractivity contribution in [2.24, 2.45) is 0 Å². The number of carbonyl (C=O) groups excluding carboxylic acids is 1. The molecule has 1 saturated heterocycles. The van der Waals surface area contributed by atoms with Gasteiger partial charge in [-0.05, 0) is 23.8 Å². The molecule has 1 aromatic carbocycles. The largest absolute Gasteiger partial charge is 0.493 e. The Morgan fingerprint density at radius 2 is 2.17 bits per heavy atom. The van der Waals surface area contributed by atoms with Crippen LogP contribution in [0.3, 0.4) is 0 Å². The van der Waals surface area contributed by atoms with Crippen molar-refractivity contribution in [2.45, 2.75) is 6.42 Å². The van der Waals surface area contributed by atoms with Crippen molar-refractivity contribution in [2.75, 3.05) is 38.1 Å². The summed E-state index contributed by atoms with van der Waals surface area (Å²) in [7, 11) is 0. The summed E-state index contributed by atoms with van der Waals surface area (Å²) in [6.07, 6.45) is 0.923. The zero-order chi connectivity index (χ0) is 12.4. The molecule has 5 heteroatoms. The van der Waals surface area contributed by atoms with E-state index in [-0.39, 0.29) is 6.03 Å². The molecule has 2 heterocycles. The zero-order valence-corrected chi connectivity index (χ0v) is 10.2. The van der Waals surface area contributed by atoms with Crippen molar-refractivity contribution in [3.63, 3.8) is 0 Å². The van der Waals surface area contributed by atoms with Crippen LogP contribution < -0.4 is 15.4 Å². The van der Waals surface area contributed by atoms with Crippen LogP contribution in [0, 0.1) is 0 Å². The SMILES string of the molecule is O=C(Nc1ccc2c(c1)CCO2)N1CCNCC1. The molecule has 0 radical (unpaired) electrons. The van der Waals surface area contributed by atoms with E-state index in [1.54, 1.807) is 0 Å². The average molecular weight is 247 g/mol. The van der Waals surface area contributed by atoms with Gasteiger partial charge in [0, 0.05) is 38.3 Å². The van der Waals surface area contributed by atoms with Crippen molar-refractivity contribution in [3.8, 4) is 5.75 Å². The van der Waals surface area contributed by atoms with E-state index < -0.39 is 0 Å². The maximum absolute atomic E-state index is 12.0. The summed E-state index contributed by atoms with van der Waals surface area (Å²) in [6.45, 7) is 4.00. The van der Waals surface area contributed by atoms with Crippen molar-refractivity contribution >= 4 is 11.7 Å². The Kier molecular flexibility index (Phi) is 3.06. The van der Waals surface area contributed by atoms with Gasteiger partial charge in [-0.25, -0.2) is 4.79 Å². The van der Waals surface area contributed by atoms with Gasteiger partial charge in [0.25, 0.3) is 0 Å². The number of carbonyl (C=O) groups is 1. The first-order valence-corrected chi connectivity index (χ1v) is 6.35. The van der Waals surface area contributed by atoms with E-state index in [0.717, 1.165) is 50.6 Å². The summed E-state index contributed by atoms with van der Waals surface area (Å²) in [6, 6.07) is 5.80. The minimum atomic E-state index is -0.0182. The van der Waals surface area contributed by atoms with Crippen LogP contribution in [0.15, 0.2) is 18.2 Å². The van der Waals surface area contributed by atoms with E-state index in [1.807, 2.05) is 23.1 Å². The number of fused-ring (bicyclic) bond motifs is 1. The summed E-state index contributed by atoms with van der Waals surface area (Å²) in [5.41, 5.74) is 2.02. The number of anilines is 1. The molecule has 18 heavy (non-hydrogen) atoms. The molecule has 0 aliphatic carbocycles. The Morgan fingerprint density at radius 1 is 1.33 bits per heavy atom. The number of ether oxygens (including phenoxy) is 1. The first-order chi connectivity index (χ1) is 8.83. The fraction of sp³-hybridized carbons (Fsp3) is 0.462. The topological polar surface area (TPSA) is 53.6 Å². The Balaban J connectivity index is 1.66. The Labute approximate surface area is 106 Å².